The summed E-state index contributed by atoms with van der Waals surface area (Å²) in [6.07, 6.45) is -14.5. The summed E-state index contributed by atoms with van der Waals surface area (Å²) in [7, 11) is -10.1. The average molecular weight is 667 g/mol. The van der Waals surface area contributed by atoms with E-state index in [0.29, 0.717) is 0 Å². The van der Waals surface area contributed by atoms with Crippen molar-refractivity contribution in [3.05, 3.63) is 12.7 Å². The summed E-state index contributed by atoms with van der Waals surface area (Å²) >= 11 is 0. The molecule has 0 saturated carbocycles. The summed E-state index contributed by atoms with van der Waals surface area (Å²) in [6, 6.07) is 0. The van der Waals surface area contributed by atoms with Crippen LogP contribution < -0.4 is 5.73 Å². The molecule has 23 heteroatoms. The fourth-order valence-corrected chi connectivity index (χ4v) is 5.93. The number of fused-ring (bicyclic) bond motifs is 1. The first-order valence-corrected chi connectivity index (χ1v) is 15.4. The van der Waals surface area contributed by atoms with Gasteiger partial charge in [-0.15, -0.1) is 0 Å². The molecule has 11 unspecified atom stereocenters. The van der Waals surface area contributed by atoms with Crippen LogP contribution in [-0.2, 0) is 27.2 Å². The molecule has 0 aliphatic carbocycles. The van der Waals surface area contributed by atoms with Crippen molar-refractivity contribution < 1.29 is 77.1 Å². The van der Waals surface area contributed by atoms with Gasteiger partial charge in [0.05, 0.1) is 31.7 Å². The van der Waals surface area contributed by atoms with E-state index in [2.05, 4.69) is 28.3 Å². The van der Waals surface area contributed by atoms with Gasteiger partial charge in [-0.05, 0) is 0 Å². The molecule has 0 saturated heterocycles. The summed E-state index contributed by atoms with van der Waals surface area (Å²) in [5, 5.41) is 68.8. The predicted molar refractivity (Wildman–Crippen MR) is 140 cm³/mol. The maximum absolute atomic E-state index is 15.2. The minimum atomic E-state index is -5.75. The molecule has 43 heavy (non-hydrogen) atoms. The molecular formula is C20H36FN5O15P2. The molecule has 0 fully saturated rings. The van der Waals surface area contributed by atoms with Gasteiger partial charge in [0, 0.05) is 18.9 Å². The first-order valence-electron chi connectivity index (χ1n) is 12.4. The van der Waals surface area contributed by atoms with Crippen LogP contribution in [-0.4, -0.2) is 128 Å². The number of imidazole rings is 1. The number of nitrogen functional groups attached to an aromatic ring is 1. The van der Waals surface area contributed by atoms with Gasteiger partial charge in [-0.2, -0.15) is 4.31 Å². The zero-order valence-corrected chi connectivity index (χ0v) is 24.7. The van der Waals surface area contributed by atoms with E-state index in [4.69, 9.17) is 15.6 Å². The average Bonchev–Trinajstić information content (AvgIpc) is 3.37. The second-order valence-electron chi connectivity index (χ2n) is 9.51. The maximum atomic E-state index is 15.2. The minimum absolute atomic E-state index is 0.0128. The van der Waals surface area contributed by atoms with Crippen molar-refractivity contribution >= 4 is 32.6 Å². The molecule has 0 spiro atoms. The topological polar surface area (TPSA) is 323 Å². The molecule has 2 rings (SSSR count). The third-order valence-electron chi connectivity index (χ3n) is 6.34. The zero-order valence-electron chi connectivity index (χ0n) is 23.0. The standard InChI is InChI=1S/C20H36FN5O15P2/c1-8(11(21)14(30)19(38-3)26-7-25-12-17(22)23-6-24-18(12)26)5-39-42(34,35)41-43(36,37)40-20(33)16(32)15(31)13(29)9(2)10(28)4-27/h6-11,13-16,19-20,27-33H,4-5H2,1-3H3,(H,34,35)(H,36,37)(H2,22,23,24)/t8?,9?,10-,11?,13?,14?,15?,16?,19?,20?/m1/s1. The number of aliphatic hydroxyl groups is 7. The van der Waals surface area contributed by atoms with E-state index in [0.717, 1.165) is 27.3 Å². The van der Waals surface area contributed by atoms with E-state index >= 15 is 4.39 Å². The fraction of sp³-hybridized carbons (Fsp3) is 0.750. The molecule has 0 aliphatic heterocycles. The van der Waals surface area contributed by atoms with Crippen LogP contribution >= 0.6 is 15.6 Å². The predicted octanol–water partition coefficient (Wildman–Crippen LogP) is -2.47. The van der Waals surface area contributed by atoms with Crippen LogP contribution in [0.3, 0.4) is 0 Å². The first kappa shape index (κ1) is 37.4. The van der Waals surface area contributed by atoms with Gasteiger partial charge < -0.3 is 56.0 Å². The van der Waals surface area contributed by atoms with Gasteiger partial charge in [0.1, 0.15) is 36.3 Å². The highest BCUT2D eigenvalue weighted by Crippen LogP contribution is 2.61. The number of anilines is 1. The quantitative estimate of drug-likeness (QED) is 0.0581. The van der Waals surface area contributed by atoms with Gasteiger partial charge in [0.2, 0.25) is 0 Å². The van der Waals surface area contributed by atoms with E-state index in [1.54, 1.807) is 0 Å². The summed E-state index contributed by atoms with van der Waals surface area (Å²) in [5.41, 5.74) is 5.97. The Morgan fingerprint density at radius 3 is 2.19 bits per heavy atom. The Hall–Kier alpha value is -1.78. The van der Waals surface area contributed by atoms with Gasteiger partial charge in [-0.1, -0.05) is 13.8 Å². The van der Waals surface area contributed by atoms with Crippen LogP contribution in [0.25, 0.3) is 11.2 Å². The van der Waals surface area contributed by atoms with Crippen LogP contribution in [0.5, 0.6) is 0 Å². The van der Waals surface area contributed by atoms with Crippen molar-refractivity contribution in [2.75, 3.05) is 26.1 Å². The monoisotopic (exact) mass is 667 g/mol. The number of nitrogens with two attached hydrogens (primary N) is 1. The van der Waals surface area contributed by atoms with Gasteiger partial charge in [0.15, 0.2) is 24.0 Å². The summed E-state index contributed by atoms with van der Waals surface area (Å²) in [5.74, 6) is -2.62. The summed E-state index contributed by atoms with van der Waals surface area (Å²) in [4.78, 5) is 31.3. The Bertz CT molecular complexity index is 1280. The van der Waals surface area contributed by atoms with Crippen molar-refractivity contribution in [3.63, 3.8) is 0 Å². The SMILES string of the molecule is COC(C(O)C(F)C(C)COP(=O)(O)OP(=O)(O)OC(O)C(O)C(O)C(O)C(C)[C@H](O)CO)n1cnc2c(N)ncnc21. The van der Waals surface area contributed by atoms with E-state index < -0.39 is 89.9 Å². The van der Waals surface area contributed by atoms with Crippen LogP contribution in [0.1, 0.15) is 20.1 Å². The third-order valence-corrected chi connectivity index (χ3v) is 8.95. The Kier molecular flexibility index (Phi) is 13.5. The van der Waals surface area contributed by atoms with Crippen LogP contribution in [0.2, 0.25) is 0 Å². The Balaban J connectivity index is 1.99. The molecule has 0 radical (unpaired) electrons. The number of aromatic nitrogens is 4. The van der Waals surface area contributed by atoms with Crippen molar-refractivity contribution in [2.24, 2.45) is 11.8 Å². The highest BCUT2D eigenvalue weighted by molar-refractivity contribution is 7.61. The number of ether oxygens (including phenoxy) is 1. The third kappa shape index (κ3) is 9.60. The van der Waals surface area contributed by atoms with Gasteiger partial charge in [-0.25, -0.2) is 28.5 Å². The lowest BCUT2D eigenvalue weighted by Gasteiger charge is -2.31. The van der Waals surface area contributed by atoms with Gasteiger partial charge in [0.25, 0.3) is 0 Å². The van der Waals surface area contributed by atoms with E-state index in [-0.39, 0.29) is 17.0 Å². The number of aliphatic hydroxyl groups excluding tert-OH is 7. The summed E-state index contributed by atoms with van der Waals surface area (Å²) < 4.78 is 58.6. The van der Waals surface area contributed by atoms with Gasteiger partial charge >= 0.3 is 15.6 Å². The number of methoxy groups -OCH3 is 1. The molecule has 0 bridgehead atoms. The normalized spacial score (nSPS) is 22.3. The molecule has 2 heterocycles. The molecule has 2 aromatic rings. The van der Waals surface area contributed by atoms with E-state index in [1.807, 2.05) is 0 Å². The fourth-order valence-electron chi connectivity index (χ4n) is 3.72. The number of rotatable bonds is 18. The van der Waals surface area contributed by atoms with Crippen molar-refractivity contribution in [2.45, 2.75) is 63.1 Å². The lowest BCUT2D eigenvalue weighted by atomic mass is 9.92. The highest BCUT2D eigenvalue weighted by atomic mass is 31.3. The molecule has 20 nitrogen and oxygen atoms in total. The molecule has 0 amide bonds. The number of hydrogen-bond donors (Lipinski definition) is 10. The molecule has 0 aliphatic rings. The number of phosphoric ester groups is 2. The van der Waals surface area contributed by atoms with Crippen LogP contribution in [0, 0.1) is 11.8 Å². The second-order valence-corrected chi connectivity index (χ2v) is 12.5. The molecule has 2 aromatic heterocycles. The minimum Gasteiger partial charge on any atom is -0.394 e. The second kappa shape index (κ2) is 15.5. The number of hydrogen-bond acceptors (Lipinski definition) is 17. The Labute approximate surface area is 243 Å². The largest absolute Gasteiger partial charge is 0.483 e. The Morgan fingerprint density at radius 1 is 0.977 bits per heavy atom. The lowest BCUT2D eigenvalue weighted by Crippen LogP contribution is -2.49. The van der Waals surface area contributed by atoms with E-state index in [9.17, 15) is 49.6 Å². The van der Waals surface area contributed by atoms with Crippen molar-refractivity contribution in [1.82, 2.24) is 19.5 Å². The smallest absolute Gasteiger partial charge is 0.394 e. The molecule has 0 aromatic carbocycles. The number of phosphoric acid groups is 2. The van der Waals surface area contributed by atoms with Crippen molar-refractivity contribution in [1.29, 1.82) is 0 Å². The molecule has 248 valence electrons. The maximum Gasteiger partial charge on any atom is 0.483 e. The number of alkyl halides is 1. The highest BCUT2D eigenvalue weighted by Gasteiger charge is 2.43. The lowest BCUT2D eigenvalue weighted by molar-refractivity contribution is -0.181. The Morgan fingerprint density at radius 2 is 1.60 bits per heavy atom. The molecular weight excluding hydrogens is 631 g/mol. The number of nitrogens with zero attached hydrogens (tertiary/aromatic N) is 4. The summed E-state index contributed by atoms with van der Waals surface area (Å²) in [6.45, 7) is 0.495. The van der Waals surface area contributed by atoms with Crippen LogP contribution in [0.4, 0.5) is 10.2 Å². The number of halogens is 1. The van der Waals surface area contributed by atoms with E-state index in [1.165, 1.54) is 10.9 Å². The van der Waals surface area contributed by atoms with Crippen LogP contribution in [0.15, 0.2) is 12.7 Å². The molecule has 11 N–H and O–H groups in total. The zero-order chi connectivity index (χ0) is 32.9. The molecule has 12 atom stereocenters. The van der Waals surface area contributed by atoms with Gasteiger partial charge in [-0.3, -0.25) is 13.6 Å². The van der Waals surface area contributed by atoms with Crippen molar-refractivity contribution in [3.8, 4) is 0 Å². The first-order chi connectivity index (χ1) is 19.9.